The molecule has 128 valence electrons. The van der Waals surface area contributed by atoms with Crippen molar-refractivity contribution in [2.45, 2.75) is 13.5 Å². The monoisotopic (exact) mass is 361 g/mol. The summed E-state index contributed by atoms with van der Waals surface area (Å²) in [5, 5.41) is 22.6. The first-order chi connectivity index (χ1) is 11.9. The number of aryl methyl sites for hydroxylation is 1. The Labute approximate surface area is 143 Å². The summed E-state index contributed by atoms with van der Waals surface area (Å²) in [7, 11) is 0. The number of anilines is 1. The van der Waals surface area contributed by atoms with Crippen molar-refractivity contribution in [1.82, 2.24) is 14.8 Å². The van der Waals surface area contributed by atoms with E-state index in [0.717, 1.165) is 33.3 Å². The normalized spacial score (nSPS) is 10.6. The lowest BCUT2D eigenvalue weighted by Crippen LogP contribution is -2.27. The van der Waals surface area contributed by atoms with Crippen LogP contribution >= 0.6 is 11.3 Å². The molecule has 3 rings (SSSR count). The number of amides is 1. The molecule has 0 saturated heterocycles. The number of nitro groups is 1. The zero-order chi connectivity index (χ0) is 18.0. The predicted molar refractivity (Wildman–Crippen MR) is 88.3 cm³/mol. The molecule has 11 heteroatoms. The highest BCUT2D eigenvalue weighted by Gasteiger charge is 2.15. The topological polar surface area (TPSA) is 133 Å². The van der Waals surface area contributed by atoms with Gasteiger partial charge in [0.05, 0.1) is 16.0 Å². The van der Waals surface area contributed by atoms with Crippen LogP contribution in [0, 0.1) is 17.0 Å². The molecule has 3 heterocycles. The van der Waals surface area contributed by atoms with E-state index in [1.54, 1.807) is 0 Å². The Morgan fingerprint density at radius 1 is 1.40 bits per heavy atom. The molecule has 1 amide bonds. The molecule has 3 aromatic heterocycles. The van der Waals surface area contributed by atoms with E-state index in [0.29, 0.717) is 0 Å². The first kappa shape index (κ1) is 16.5. The number of thiophene rings is 1. The fourth-order valence-electron chi connectivity index (χ4n) is 2.02. The van der Waals surface area contributed by atoms with Crippen LogP contribution in [0.25, 0.3) is 10.8 Å². The number of carbonyl (C=O) groups excluding carboxylic acids is 1. The standard InChI is InChI=1S/C14H11N5O5S/c1-8-4-5-25-12(8)13-16-17-14(24-13)15-10(20)7-18-6-9(19(22)23)2-3-11(18)21/h2-6H,7H2,1H3,(H,15,17,20). The van der Waals surface area contributed by atoms with Gasteiger partial charge in [-0.1, -0.05) is 5.10 Å². The van der Waals surface area contributed by atoms with E-state index >= 15 is 0 Å². The number of aromatic nitrogens is 3. The van der Waals surface area contributed by atoms with Crippen molar-refractivity contribution in [2.24, 2.45) is 0 Å². The molecule has 0 saturated carbocycles. The summed E-state index contributed by atoms with van der Waals surface area (Å²) >= 11 is 1.43. The van der Waals surface area contributed by atoms with Crippen LogP contribution in [-0.4, -0.2) is 25.6 Å². The van der Waals surface area contributed by atoms with Gasteiger partial charge in [0.15, 0.2) is 0 Å². The van der Waals surface area contributed by atoms with Gasteiger partial charge in [0.25, 0.3) is 17.1 Å². The largest absolute Gasteiger partial charge is 0.402 e. The van der Waals surface area contributed by atoms with Gasteiger partial charge in [0.1, 0.15) is 6.54 Å². The number of rotatable bonds is 5. The molecule has 0 aliphatic rings. The van der Waals surface area contributed by atoms with Gasteiger partial charge in [-0.05, 0) is 23.9 Å². The van der Waals surface area contributed by atoms with Crippen LogP contribution in [0.4, 0.5) is 11.7 Å². The zero-order valence-electron chi connectivity index (χ0n) is 12.8. The van der Waals surface area contributed by atoms with Crippen molar-refractivity contribution in [1.29, 1.82) is 0 Å². The van der Waals surface area contributed by atoms with Crippen molar-refractivity contribution in [3.63, 3.8) is 0 Å². The molecule has 0 bridgehead atoms. The number of carbonyl (C=O) groups is 1. The maximum absolute atomic E-state index is 12.0. The minimum Gasteiger partial charge on any atom is -0.402 e. The molecule has 0 radical (unpaired) electrons. The fourth-order valence-corrected chi connectivity index (χ4v) is 2.87. The van der Waals surface area contributed by atoms with Crippen molar-refractivity contribution < 1.29 is 14.1 Å². The van der Waals surface area contributed by atoms with Crippen molar-refractivity contribution >= 4 is 28.9 Å². The fraction of sp³-hybridized carbons (Fsp3) is 0.143. The smallest absolute Gasteiger partial charge is 0.322 e. The molecule has 0 unspecified atom stereocenters. The van der Waals surface area contributed by atoms with E-state index < -0.39 is 22.9 Å². The molecule has 10 nitrogen and oxygen atoms in total. The van der Waals surface area contributed by atoms with Crippen molar-refractivity contribution in [3.8, 4) is 10.8 Å². The van der Waals surface area contributed by atoms with Gasteiger partial charge in [-0.2, -0.15) is 0 Å². The zero-order valence-corrected chi connectivity index (χ0v) is 13.6. The third-order valence-corrected chi connectivity index (χ3v) is 4.22. The average Bonchev–Trinajstić information content (AvgIpc) is 3.17. The molecule has 0 spiro atoms. The van der Waals surface area contributed by atoms with E-state index in [-0.39, 0.29) is 17.6 Å². The highest BCUT2D eigenvalue weighted by atomic mass is 32.1. The van der Waals surface area contributed by atoms with Crippen LogP contribution in [0.5, 0.6) is 0 Å². The highest BCUT2D eigenvalue weighted by Crippen LogP contribution is 2.28. The second-order valence-corrected chi connectivity index (χ2v) is 5.92. The molecule has 25 heavy (non-hydrogen) atoms. The van der Waals surface area contributed by atoms with E-state index in [2.05, 4.69) is 15.5 Å². The number of hydrogen-bond donors (Lipinski definition) is 1. The lowest BCUT2D eigenvalue weighted by atomic mass is 10.3. The Morgan fingerprint density at radius 3 is 2.88 bits per heavy atom. The third-order valence-electron chi connectivity index (χ3n) is 3.22. The van der Waals surface area contributed by atoms with Gasteiger partial charge in [0, 0.05) is 12.1 Å². The summed E-state index contributed by atoms with van der Waals surface area (Å²) in [5.74, 6) is -0.351. The van der Waals surface area contributed by atoms with Crippen molar-refractivity contribution in [2.75, 3.05) is 5.32 Å². The summed E-state index contributed by atoms with van der Waals surface area (Å²) in [6.07, 6.45) is 0.996. The maximum Gasteiger partial charge on any atom is 0.322 e. The van der Waals surface area contributed by atoms with Crippen LogP contribution < -0.4 is 10.9 Å². The number of nitrogens with one attached hydrogen (secondary N) is 1. The minimum atomic E-state index is -0.651. The van der Waals surface area contributed by atoms with Gasteiger partial charge < -0.3 is 4.42 Å². The summed E-state index contributed by atoms with van der Waals surface area (Å²) in [5.41, 5.74) is 0.136. The number of pyridine rings is 1. The quantitative estimate of drug-likeness (QED) is 0.541. The molecule has 3 aromatic rings. The number of nitrogens with zero attached hydrogens (tertiary/aromatic N) is 4. The number of hydrogen-bond acceptors (Lipinski definition) is 8. The second-order valence-electron chi connectivity index (χ2n) is 5.00. The Morgan fingerprint density at radius 2 is 2.20 bits per heavy atom. The van der Waals surface area contributed by atoms with E-state index in [1.165, 1.54) is 11.3 Å². The van der Waals surface area contributed by atoms with E-state index in [9.17, 15) is 19.7 Å². The van der Waals surface area contributed by atoms with Gasteiger partial charge in [0.2, 0.25) is 5.91 Å². The van der Waals surface area contributed by atoms with Crippen LogP contribution in [0.1, 0.15) is 5.56 Å². The molecule has 0 aromatic carbocycles. The minimum absolute atomic E-state index is 0.119. The van der Waals surface area contributed by atoms with Gasteiger partial charge in [-0.25, -0.2) is 0 Å². The SMILES string of the molecule is Cc1ccsc1-c1nnc(NC(=O)Cn2cc([N+](=O)[O-])ccc2=O)o1. The summed E-state index contributed by atoms with van der Waals surface area (Å²) < 4.78 is 6.29. The summed E-state index contributed by atoms with van der Waals surface area (Å²) in [4.78, 5) is 34.6. The Kier molecular flexibility index (Phi) is 4.39. The van der Waals surface area contributed by atoms with Gasteiger partial charge in [-0.3, -0.25) is 29.6 Å². The summed E-state index contributed by atoms with van der Waals surface area (Å²) in [6, 6.07) is 3.88. The molecular weight excluding hydrogens is 350 g/mol. The first-order valence-corrected chi connectivity index (χ1v) is 7.84. The maximum atomic E-state index is 12.0. The first-order valence-electron chi connectivity index (χ1n) is 6.97. The summed E-state index contributed by atoms with van der Waals surface area (Å²) in [6.45, 7) is 1.47. The average molecular weight is 361 g/mol. The molecule has 0 aliphatic heterocycles. The molecule has 0 aliphatic carbocycles. The lowest BCUT2D eigenvalue weighted by molar-refractivity contribution is -0.385. The van der Waals surface area contributed by atoms with Crippen LogP contribution in [-0.2, 0) is 11.3 Å². The van der Waals surface area contributed by atoms with E-state index in [4.69, 9.17) is 4.42 Å². The van der Waals surface area contributed by atoms with Gasteiger partial charge in [-0.15, -0.1) is 16.4 Å². The van der Waals surface area contributed by atoms with Crippen LogP contribution in [0.2, 0.25) is 0 Å². The van der Waals surface area contributed by atoms with Crippen molar-refractivity contribution in [3.05, 3.63) is 55.8 Å². The van der Waals surface area contributed by atoms with Crippen LogP contribution in [0.3, 0.4) is 0 Å². The van der Waals surface area contributed by atoms with Crippen LogP contribution in [0.15, 0.2) is 39.0 Å². The molecular formula is C14H11N5O5S. The Hall–Kier alpha value is -3.34. The Bertz CT molecular complexity index is 1000. The second kappa shape index (κ2) is 6.65. The lowest BCUT2D eigenvalue weighted by Gasteiger charge is -2.04. The third kappa shape index (κ3) is 3.61. The predicted octanol–water partition coefficient (Wildman–Crippen LogP) is 1.82. The Balaban J connectivity index is 1.73. The highest BCUT2D eigenvalue weighted by molar-refractivity contribution is 7.13. The molecule has 0 atom stereocenters. The molecule has 0 fully saturated rings. The van der Waals surface area contributed by atoms with Gasteiger partial charge >= 0.3 is 6.01 Å². The van der Waals surface area contributed by atoms with E-state index in [1.807, 2.05) is 18.4 Å². The molecule has 1 N–H and O–H groups in total.